The standard InChI is InChI=1S/C21H22N4O4S2/c1-21(2,3)19(24-20(26)27)10-14-9-18(16-5-4-7-23-17(16)11-22)25(12-14)31(28,29)15-6-8-30-13-15/h4-9,12-13,19,24H,10H2,1-3H3,(H,26,27). The fourth-order valence-corrected chi connectivity index (χ4v) is 5.58. The van der Waals surface area contributed by atoms with Crippen molar-refractivity contribution in [2.24, 2.45) is 5.41 Å². The second-order valence-electron chi connectivity index (χ2n) is 8.08. The van der Waals surface area contributed by atoms with Gasteiger partial charge in [-0.2, -0.15) is 16.6 Å². The van der Waals surface area contributed by atoms with Crippen molar-refractivity contribution in [2.45, 2.75) is 38.1 Å². The van der Waals surface area contributed by atoms with Gasteiger partial charge >= 0.3 is 6.09 Å². The number of pyridine rings is 1. The molecule has 1 atom stereocenters. The minimum atomic E-state index is -3.92. The molecule has 0 aromatic carbocycles. The van der Waals surface area contributed by atoms with Gasteiger partial charge in [0, 0.05) is 29.4 Å². The van der Waals surface area contributed by atoms with Gasteiger partial charge < -0.3 is 10.4 Å². The van der Waals surface area contributed by atoms with Gasteiger partial charge in [0.1, 0.15) is 11.8 Å². The summed E-state index contributed by atoms with van der Waals surface area (Å²) >= 11 is 1.27. The topological polar surface area (TPSA) is 125 Å². The third kappa shape index (κ3) is 4.78. The molecule has 0 radical (unpaired) electrons. The van der Waals surface area contributed by atoms with Crippen LogP contribution in [0.15, 0.2) is 52.3 Å². The molecule has 0 bridgehead atoms. The van der Waals surface area contributed by atoms with Crippen LogP contribution in [0.4, 0.5) is 4.79 Å². The van der Waals surface area contributed by atoms with Crippen LogP contribution in [0.2, 0.25) is 0 Å². The Morgan fingerprint density at radius 1 is 1.39 bits per heavy atom. The van der Waals surface area contributed by atoms with Crippen molar-refractivity contribution in [3.63, 3.8) is 0 Å². The highest BCUT2D eigenvalue weighted by Crippen LogP contribution is 2.31. The Morgan fingerprint density at radius 2 is 2.13 bits per heavy atom. The molecule has 3 aromatic heterocycles. The van der Waals surface area contributed by atoms with Gasteiger partial charge in [-0.25, -0.2) is 22.2 Å². The van der Waals surface area contributed by atoms with Crippen LogP contribution in [-0.4, -0.2) is 34.6 Å². The Morgan fingerprint density at radius 3 is 2.71 bits per heavy atom. The van der Waals surface area contributed by atoms with Crippen LogP contribution in [0.5, 0.6) is 0 Å². The third-order valence-electron chi connectivity index (χ3n) is 4.87. The molecule has 0 saturated carbocycles. The third-order valence-corrected chi connectivity index (χ3v) is 7.37. The van der Waals surface area contributed by atoms with E-state index < -0.39 is 27.6 Å². The Kier molecular flexibility index (Phi) is 6.20. The molecule has 162 valence electrons. The molecule has 0 saturated heterocycles. The number of nitriles is 1. The molecule has 0 aliphatic carbocycles. The molecule has 1 unspecified atom stereocenters. The number of carbonyl (C=O) groups is 1. The maximum absolute atomic E-state index is 13.3. The van der Waals surface area contributed by atoms with Gasteiger partial charge in [0.15, 0.2) is 0 Å². The van der Waals surface area contributed by atoms with E-state index in [9.17, 15) is 23.6 Å². The number of nitrogens with zero attached hydrogens (tertiary/aromatic N) is 3. The van der Waals surface area contributed by atoms with E-state index in [0.29, 0.717) is 16.8 Å². The predicted octanol–water partition coefficient (Wildman–Crippen LogP) is 3.95. The molecule has 31 heavy (non-hydrogen) atoms. The Hall–Kier alpha value is -3.16. The van der Waals surface area contributed by atoms with Crippen molar-refractivity contribution in [1.29, 1.82) is 5.26 Å². The normalized spacial score (nSPS) is 12.8. The number of aromatic nitrogens is 2. The average Bonchev–Trinajstić information content (AvgIpc) is 3.37. The van der Waals surface area contributed by atoms with E-state index in [1.807, 2.05) is 26.8 Å². The first-order valence-corrected chi connectivity index (χ1v) is 11.8. The quantitative estimate of drug-likeness (QED) is 0.576. The second kappa shape index (κ2) is 8.53. The first-order valence-electron chi connectivity index (χ1n) is 9.38. The second-order valence-corrected chi connectivity index (χ2v) is 10.7. The molecule has 8 nitrogen and oxygen atoms in total. The number of carboxylic acid groups (broad SMARTS) is 1. The van der Waals surface area contributed by atoms with E-state index in [4.69, 9.17) is 0 Å². The molecule has 0 aliphatic rings. The number of amides is 1. The summed E-state index contributed by atoms with van der Waals surface area (Å²) in [4.78, 5) is 15.5. The van der Waals surface area contributed by atoms with E-state index >= 15 is 0 Å². The van der Waals surface area contributed by atoms with Gasteiger partial charge in [0.2, 0.25) is 0 Å². The zero-order valence-corrected chi connectivity index (χ0v) is 18.9. The minimum Gasteiger partial charge on any atom is -0.465 e. The maximum atomic E-state index is 13.3. The molecule has 2 N–H and O–H groups in total. The van der Waals surface area contributed by atoms with Crippen LogP contribution >= 0.6 is 11.3 Å². The van der Waals surface area contributed by atoms with Crippen molar-refractivity contribution >= 4 is 27.5 Å². The fourth-order valence-electron chi connectivity index (χ4n) is 3.18. The molecule has 0 aliphatic heterocycles. The highest BCUT2D eigenvalue weighted by Gasteiger charge is 2.29. The maximum Gasteiger partial charge on any atom is 0.404 e. The van der Waals surface area contributed by atoms with Gasteiger partial charge in [-0.1, -0.05) is 20.8 Å². The first-order chi connectivity index (χ1) is 14.5. The summed E-state index contributed by atoms with van der Waals surface area (Å²) in [5.41, 5.74) is 1.00. The smallest absolute Gasteiger partial charge is 0.404 e. The van der Waals surface area contributed by atoms with E-state index in [-0.39, 0.29) is 17.0 Å². The van der Waals surface area contributed by atoms with Crippen LogP contribution in [0.25, 0.3) is 11.3 Å². The molecular formula is C21H22N4O4S2. The van der Waals surface area contributed by atoms with Gasteiger partial charge in [0.05, 0.1) is 10.6 Å². The Bertz CT molecular complexity index is 1230. The minimum absolute atomic E-state index is 0.102. The molecule has 0 fully saturated rings. The van der Waals surface area contributed by atoms with Gasteiger partial charge in [-0.3, -0.25) is 0 Å². The zero-order chi connectivity index (χ0) is 22.8. The first kappa shape index (κ1) is 22.5. The fraction of sp³-hybridized carbons (Fsp3) is 0.286. The predicted molar refractivity (Wildman–Crippen MR) is 117 cm³/mol. The van der Waals surface area contributed by atoms with E-state index in [0.717, 1.165) is 3.97 Å². The molecule has 0 spiro atoms. The monoisotopic (exact) mass is 458 g/mol. The van der Waals surface area contributed by atoms with Gasteiger partial charge in [0.25, 0.3) is 10.0 Å². The van der Waals surface area contributed by atoms with Crippen LogP contribution < -0.4 is 5.32 Å². The largest absolute Gasteiger partial charge is 0.465 e. The summed E-state index contributed by atoms with van der Waals surface area (Å²) in [5, 5.41) is 24.4. The van der Waals surface area contributed by atoms with E-state index in [1.54, 1.807) is 23.6 Å². The van der Waals surface area contributed by atoms with Gasteiger partial charge in [-0.15, -0.1) is 0 Å². The Labute approximate surface area is 184 Å². The van der Waals surface area contributed by atoms with E-state index in [1.165, 1.54) is 35.2 Å². The summed E-state index contributed by atoms with van der Waals surface area (Å²) in [6.45, 7) is 5.72. The van der Waals surface area contributed by atoms with Crippen molar-refractivity contribution < 1.29 is 18.3 Å². The average molecular weight is 459 g/mol. The SMILES string of the molecule is CC(C)(C)C(Cc1cc(-c2cccnc2C#N)n(S(=O)(=O)c2ccsc2)c1)NC(=O)O. The van der Waals surface area contributed by atoms with Crippen molar-refractivity contribution in [1.82, 2.24) is 14.3 Å². The molecule has 3 heterocycles. The summed E-state index contributed by atoms with van der Waals surface area (Å²) in [5.74, 6) is 0. The van der Waals surface area contributed by atoms with Crippen molar-refractivity contribution in [2.75, 3.05) is 0 Å². The van der Waals surface area contributed by atoms with Crippen LogP contribution in [-0.2, 0) is 16.4 Å². The lowest BCUT2D eigenvalue weighted by atomic mass is 9.83. The summed E-state index contributed by atoms with van der Waals surface area (Å²) in [7, 11) is -3.92. The zero-order valence-electron chi connectivity index (χ0n) is 17.2. The van der Waals surface area contributed by atoms with Gasteiger partial charge in [-0.05, 0) is 47.0 Å². The van der Waals surface area contributed by atoms with Crippen LogP contribution in [0.3, 0.4) is 0 Å². The van der Waals surface area contributed by atoms with Crippen LogP contribution in [0.1, 0.15) is 32.0 Å². The number of hydrogen-bond acceptors (Lipinski definition) is 6. The summed E-state index contributed by atoms with van der Waals surface area (Å²) in [6, 6.07) is 8.00. The van der Waals surface area contributed by atoms with Crippen LogP contribution in [0, 0.1) is 16.7 Å². The van der Waals surface area contributed by atoms with E-state index in [2.05, 4.69) is 10.3 Å². The number of hydrogen-bond donors (Lipinski definition) is 2. The van der Waals surface area contributed by atoms with Crippen molar-refractivity contribution in [3.05, 3.63) is 58.7 Å². The highest BCUT2D eigenvalue weighted by molar-refractivity contribution is 7.90. The molecule has 1 amide bonds. The molecule has 3 rings (SSSR count). The lowest BCUT2D eigenvalue weighted by Crippen LogP contribution is -2.44. The summed E-state index contributed by atoms with van der Waals surface area (Å²) < 4.78 is 27.8. The van der Waals surface area contributed by atoms with Crippen molar-refractivity contribution in [3.8, 4) is 17.3 Å². The number of rotatable bonds is 6. The summed E-state index contributed by atoms with van der Waals surface area (Å²) in [6.07, 6.45) is 2.08. The highest BCUT2D eigenvalue weighted by atomic mass is 32.2. The lowest BCUT2D eigenvalue weighted by molar-refractivity contribution is 0.174. The molecular weight excluding hydrogens is 436 g/mol. The Balaban J connectivity index is 2.17. The molecule has 10 heteroatoms. The number of nitrogens with one attached hydrogen (secondary N) is 1. The molecule has 3 aromatic rings. The number of thiophene rings is 1. The lowest BCUT2D eigenvalue weighted by Gasteiger charge is -2.30.